The van der Waals surface area contributed by atoms with Crippen molar-refractivity contribution in [2.45, 2.75) is 25.4 Å². The second kappa shape index (κ2) is 5.14. The van der Waals surface area contributed by atoms with Gasteiger partial charge < -0.3 is 14.7 Å². The Kier molecular flexibility index (Phi) is 3.35. The molecule has 0 spiro atoms. The summed E-state index contributed by atoms with van der Waals surface area (Å²) in [6, 6.07) is 4.01. The van der Waals surface area contributed by atoms with Gasteiger partial charge in [-0.15, -0.1) is 0 Å². The predicted molar refractivity (Wildman–Crippen MR) is 69.0 cm³/mol. The van der Waals surface area contributed by atoms with Crippen LogP contribution in [0.25, 0.3) is 11.6 Å². The molecule has 0 radical (unpaired) electrons. The Labute approximate surface area is 111 Å². The Morgan fingerprint density at radius 1 is 1.53 bits per heavy atom. The minimum Gasteiger partial charge on any atom is -0.461 e. The molecule has 0 bridgehead atoms. The highest BCUT2D eigenvalue weighted by Crippen LogP contribution is 2.34. The van der Waals surface area contributed by atoms with E-state index in [1.54, 1.807) is 12.3 Å². The van der Waals surface area contributed by atoms with Crippen LogP contribution < -0.4 is 5.73 Å². The van der Waals surface area contributed by atoms with Crippen LogP contribution in [0.4, 0.5) is 0 Å². The minimum absolute atomic E-state index is 0.402. The average molecular weight is 262 g/mol. The lowest BCUT2D eigenvalue weighted by Crippen LogP contribution is -2.39. The monoisotopic (exact) mass is 262 g/mol. The minimum atomic E-state index is 0.402. The third kappa shape index (κ3) is 2.69. The van der Waals surface area contributed by atoms with E-state index in [1.165, 1.54) is 12.8 Å². The first-order valence-corrected chi connectivity index (χ1v) is 6.54. The van der Waals surface area contributed by atoms with Crippen molar-refractivity contribution >= 4 is 0 Å². The molecule has 0 aromatic carbocycles. The van der Waals surface area contributed by atoms with E-state index in [0.717, 1.165) is 5.92 Å². The van der Waals surface area contributed by atoms with Crippen molar-refractivity contribution in [3.8, 4) is 11.6 Å². The van der Waals surface area contributed by atoms with E-state index in [2.05, 4.69) is 15.0 Å². The molecule has 6 heteroatoms. The van der Waals surface area contributed by atoms with Crippen LogP contribution in [0.5, 0.6) is 0 Å². The van der Waals surface area contributed by atoms with Crippen molar-refractivity contribution in [1.29, 1.82) is 0 Å². The van der Waals surface area contributed by atoms with E-state index in [0.29, 0.717) is 36.6 Å². The van der Waals surface area contributed by atoms with E-state index in [1.807, 2.05) is 13.1 Å². The fraction of sp³-hybridized carbons (Fsp3) is 0.538. The summed E-state index contributed by atoms with van der Waals surface area (Å²) in [4.78, 5) is 6.53. The summed E-state index contributed by atoms with van der Waals surface area (Å²) in [6.45, 7) is 1.28. The molecule has 1 unspecified atom stereocenters. The molecule has 1 aliphatic carbocycles. The van der Waals surface area contributed by atoms with Crippen molar-refractivity contribution in [3.05, 3.63) is 24.3 Å². The molecule has 6 nitrogen and oxygen atoms in total. The number of hydrogen-bond donors (Lipinski definition) is 1. The molecule has 1 atom stereocenters. The lowest BCUT2D eigenvalue weighted by atomic mass is 10.1. The molecule has 3 rings (SSSR count). The van der Waals surface area contributed by atoms with Gasteiger partial charge in [0.1, 0.15) is 0 Å². The number of likely N-dealkylation sites (N-methyl/N-ethyl adjacent to an activating group) is 1. The number of aromatic nitrogens is 2. The van der Waals surface area contributed by atoms with Crippen LogP contribution in [0, 0.1) is 5.92 Å². The third-order valence-electron chi connectivity index (χ3n) is 3.57. The standard InChI is InChI=1S/C13H18N4O2/c1-17(10(7-14)9-4-5-9)8-12-15-13(16-19-12)11-3-2-6-18-11/h2-3,6,9-10H,4-5,7-8,14H2,1H3. The van der Waals surface area contributed by atoms with Gasteiger partial charge in [-0.2, -0.15) is 4.98 Å². The van der Waals surface area contributed by atoms with E-state index in [-0.39, 0.29) is 0 Å². The molecule has 0 amide bonds. The van der Waals surface area contributed by atoms with Crippen molar-refractivity contribution in [1.82, 2.24) is 15.0 Å². The first kappa shape index (κ1) is 12.4. The Hall–Kier alpha value is -1.66. The lowest BCUT2D eigenvalue weighted by Gasteiger charge is -2.25. The van der Waals surface area contributed by atoms with Crippen LogP contribution in [0.15, 0.2) is 27.3 Å². The summed E-state index contributed by atoms with van der Waals surface area (Å²) in [5, 5.41) is 3.92. The van der Waals surface area contributed by atoms with Crippen LogP contribution in [0.1, 0.15) is 18.7 Å². The molecular formula is C13H18N4O2. The molecule has 2 aromatic heterocycles. The molecule has 0 aliphatic heterocycles. The number of rotatable bonds is 6. The quantitative estimate of drug-likeness (QED) is 0.849. The maximum atomic E-state index is 5.83. The van der Waals surface area contributed by atoms with E-state index >= 15 is 0 Å². The number of nitrogens with two attached hydrogens (primary N) is 1. The molecular weight excluding hydrogens is 244 g/mol. The van der Waals surface area contributed by atoms with Gasteiger partial charge in [-0.3, -0.25) is 4.90 Å². The molecule has 1 fully saturated rings. The van der Waals surface area contributed by atoms with Gasteiger partial charge in [-0.05, 0) is 37.9 Å². The molecule has 1 saturated carbocycles. The smallest absolute Gasteiger partial charge is 0.241 e. The third-order valence-corrected chi connectivity index (χ3v) is 3.57. The highest BCUT2D eigenvalue weighted by molar-refractivity contribution is 5.44. The fourth-order valence-electron chi connectivity index (χ4n) is 2.37. The second-order valence-electron chi connectivity index (χ2n) is 5.04. The average Bonchev–Trinajstić information content (AvgIpc) is 2.93. The van der Waals surface area contributed by atoms with Crippen LogP contribution in [0.3, 0.4) is 0 Å². The Morgan fingerprint density at radius 2 is 2.37 bits per heavy atom. The summed E-state index contributed by atoms with van der Waals surface area (Å²) in [7, 11) is 2.05. The number of hydrogen-bond acceptors (Lipinski definition) is 6. The molecule has 0 saturated heterocycles. The lowest BCUT2D eigenvalue weighted by molar-refractivity contribution is 0.189. The maximum Gasteiger partial charge on any atom is 0.241 e. The summed E-state index contributed by atoms with van der Waals surface area (Å²) in [6.07, 6.45) is 4.14. The van der Waals surface area contributed by atoms with Gasteiger partial charge in [0, 0.05) is 12.6 Å². The zero-order valence-electron chi connectivity index (χ0n) is 11.0. The van der Waals surface area contributed by atoms with E-state index < -0.39 is 0 Å². The summed E-state index contributed by atoms with van der Waals surface area (Å²) in [5.74, 6) is 2.43. The first-order valence-electron chi connectivity index (χ1n) is 6.54. The number of nitrogens with zero attached hydrogens (tertiary/aromatic N) is 3. The van der Waals surface area contributed by atoms with Gasteiger partial charge in [0.2, 0.25) is 11.7 Å². The van der Waals surface area contributed by atoms with Crippen molar-refractivity contribution in [2.75, 3.05) is 13.6 Å². The predicted octanol–water partition coefficient (Wildman–Crippen LogP) is 1.50. The molecule has 2 heterocycles. The van der Waals surface area contributed by atoms with E-state index in [4.69, 9.17) is 14.7 Å². The normalized spacial score (nSPS) is 17.0. The zero-order valence-corrected chi connectivity index (χ0v) is 11.0. The Balaban J connectivity index is 1.66. The zero-order chi connectivity index (χ0) is 13.2. The topological polar surface area (TPSA) is 81.3 Å². The molecule has 19 heavy (non-hydrogen) atoms. The largest absolute Gasteiger partial charge is 0.461 e. The van der Waals surface area contributed by atoms with Crippen LogP contribution in [0.2, 0.25) is 0 Å². The number of furan rings is 1. The summed E-state index contributed by atoms with van der Waals surface area (Å²) < 4.78 is 10.5. The Bertz CT molecular complexity index is 518. The van der Waals surface area contributed by atoms with Crippen molar-refractivity contribution in [3.63, 3.8) is 0 Å². The van der Waals surface area contributed by atoms with Crippen molar-refractivity contribution in [2.24, 2.45) is 11.7 Å². The molecule has 1 aliphatic rings. The van der Waals surface area contributed by atoms with Crippen molar-refractivity contribution < 1.29 is 8.94 Å². The SMILES string of the molecule is CN(Cc1nc(-c2ccco2)no1)C(CN)C1CC1. The second-order valence-corrected chi connectivity index (χ2v) is 5.04. The molecule has 102 valence electrons. The Morgan fingerprint density at radius 3 is 3.00 bits per heavy atom. The molecule has 2 N–H and O–H groups in total. The van der Waals surface area contributed by atoms with E-state index in [9.17, 15) is 0 Å². The van der Waals surface area contributed by atoms with Crippen LogP contribution >= 0.6 is 0 Å². The summed E-state index contributed by atoms with van der Waals surface area (Å²) in [5.41, 5.74) is 5.83. The van der Waals surface area contributed by atoms with Gasteiger partial charge in [-0.25, -0.2) is 0 Å². The highest BCUT2D eigenvalue weighted by atomic mass is 16.5. The van der Waals surface area contributed by atoms with Crippen LogP contribution in [-0.4, -0.2) is 34.7 Å². The van der Waals surface area contributed by atoms with Gasteiger partial charge in [0.15, 0.2) is 5.76 Å². The highest BCUT2D eigenvalue weighted by Gasteiger charge is 2.33. The van der Waals surface area contributed by atoms with Crippen LogP contribution in [-0.2, 0) is 6.54 Å². The first-order chi connectivity index (χ1) is 9.28. The fourth-order valence-corrected chi connectivity index (χ4v) is 2.37. The summed E-state index contributed by atoms with van der Waals surface area (Å²) >= 11 is 0. The maximum absolute atomic E-state index is 5.83. The van der Waals surface area contributed by atoms with Gasteiger partial charge in [0.05, 0.1) is 12.8 Å². The van der Waals surface area contributed by atoms with Gasteiger partial charge in [-0.1, -0.05) is 5.16 Å². The van der Waals surface area contributed by atoms with Gasteiger partial charge in [0.25, 0.3) is 0 Å². The molecule has 2 aromatic rings. The van der Waals surface area contributed by atoms with Gasteiger partial charge >= 0.3 is 0 Å².